The molecule has 2 aromatic carbocycles. The lowest BCUT2D eigenvalue weighted by molar-refractivity contribution is -0.123. The molecule has 1 unspecified atom stereocenters. The summed E-state index contributed by atoms with van der Waals surface area (Å²) in [6.45, 7) is 4.21. The molecular weight excluding hydrogens is 331 g/mol. The van der Waals surface area contributed by atoms with Crippen LogP contribution < -0.4 is 10.6 Å². The number of hydrogen-bond donors (Lipinski definition) is 2. The molecule has 0 aliphatic heterocycles. The molecule has 0 saturated heterocycles. The summed E-state index contributed by atoms with van der Waals surface area (Å²) in [5.74, 6) is -1.55. The van der Waals surface area contributed by atoms with Crippen molar-refractivity contribution in [3.05, 3.63) is 71.5 Å². The highest BCUT2D eigenvalue weighted by Gasteiger charge is 2.25. The Morgan fingerprint density at radius 1 is 1.00 bits per heavy atom. The molecular formula is C21H25FN2O2. The summed E-state index contributed by atoms with van der Waals surface area (Å²) in [4.78, 5) is 24.7. The summed E-state index contributed by atoms with van der Waals surface area (Å²) in [5, 5.41) is 5.50. The van der Waals surface area contributed by atoms with Gasteiger partial charge in [-0.3, -0.25) is 9.59 Å². The fraction of sp³-hybridized carbons (Fsp3) is 0.333. The van der Waals surface area contributed by atoms with Crippen molar-refractivity contribution in [1.82, 2.24) is 10.6 Å². The average Bonchev–Trinajstić information content (AvgIpc) is 2.64. The van der Waals surface area contributed by atoms with Crippen molar-refractivity contribution in [2.45, 2.75) is 32.7 Å². The Labute approximate surface area is 153 Å². The first-order valence-corrected chi connectivity index (χ1v) is 8.86. The van der Waals surface area contributed by atoms with Crippen molar-refractivity contribution in [3.63, 3.8) is 0 Å². The Hall–Kier alpha value is -2.69. The molecule has 0 aliphatic carbocycles. The summed E-state index contributed by atoms with van der Waals surface area (Å²) < 4.78 is 13.7. The van der Waals surface area contributed by atoms with E-state index in [1.165, 1.54) is 23.8 Å². The van der Waals surface area contributed by atoms with Gasteiger partial charge in [-0.05, 0) is 36.5 Å². The number of nitrogens with one attached hydrogen (secondary N) is 2. The number of hydrogen-bond acceptors (Lipinski definition) is 2. The van der Waals surface area contributed by atoms with E-state index in [2.05, 4.69) is 10.6 Å². The van der Waals surface area contributed by atoms with Gasteiger partial charge >= 0.3 is 0 Å². The zero-order chi connectivity index (χ0) is 18.9. The Morgan fingerprint density at radius 2 is 1.65 bits per heavy atom. The monoisotopic (exact) mass is 356 g/mol. The van der Waals surface area contributed by atoms with Crippen LogP contribution in [0.3, 0.4) is 0 Å². The van der Waals surface area contributed by atoms with Crippen LogP contribution in [0.5, 0.6) is 0 Å². The van der Waals surface area contributed by atoms with Gasteiger partial charge in [-0.2, -0.15) is 0 Å². The SMILES string of the molecule is CC(C)C(NC(=O)c1ccccc1F)C(=O)NCCCc1ccccc1. The summed E-state index contributed by atoms with van der Waals surface area (Å²) in [6, 6.07) is 15.1. The van der Waals surface area contributed by atoms with Crippen LogP contribution in [0.25, 0.3) is 0 Å². The third-order valence-corrected chi connectivity index (χ3v) is 4.14. The molecule has 1 atom stereocenters. The molecule has 0 aromatic heterocycles. The largest absolute Gasteiger partial charge is 0.354 e. The molecule has 0 saturated carbocycles. The number of carbonyl (C=O) groups is 2. The quantitative estimate of drug-likeness (QED) is 0.713. The lowest BCUT2D eigenvalue weighted by atomic mass is 10.0. The molecule has 0 bridgehead atoms. The van der Waals surface area contributed by atoms with E-state index < -0.39 is 17.8 Å². The predicted molar refractivity (Wildman–Crippen MR) is 100 cm³/mol. The number of rotatable bonds is 8. The van der Waals surface area contributed by atoms with Crippen LogP contribution in [0.1, 0.15) is 36.2 Å². The van der Waals surface area contributed by atoms with Crippen LogP contribution in [-0.2, 0) is 11.2 Å². The van der Waals surface area contributed by atoms with Crippen molar-refractivity contribution in [2.24, 2.45) is 5.92 Å². The Bertz CT molecular complexity index is 732. The molecule has 4 nitrogen and oxygen atoms in total. The first-order valence-electron chi connectivity index (χ1n) is 8.86. The van der Waals surface area contributed by atoms with Gasteiger partial charge in [-0.25, -0.2) is 4.39 Å². The van der Waals surface area contributed by atoms with Gasteiger partial charge in [0.2, 0.25) is 5.91 Å². The molecule has 0 fully saturated rings. The second-order valence-corrected chi connectivity index (χ2v) is 6.56. The highest BCUT2D eigenvalue weighted by Crippen LogP contribution is 2.09. The first kappa shape index (κ1) is 19.6. The van der Waals surface area contributed by atoms with Crippen molar-refractivity contribution in [2.75, 3.05) is 6.54 Å². The molecule has 5 heteroatoms. The third kappa shape index (κ3) is 5.69. The topological polar surface area (TPSA) is 58.2 Å². The maximum Gasteiger partial charge on any atom is 0.254 e. The van der Waals surface area contributed by atoms with E-state index in [1.807, 2.05) is 44.2 Å². The normalized spacial score (nSPS) is 11.8. The maximum absolute atomic E-state index is 13.7. The molecule has 2 amide bonds. The minimum Gasteiger partial charge on any atom is -0.354 e. The zero-order valence-corrected chi connectivity index (χ0v) is 15.2. The molecule has 26 heavy (non-hydrogen) atoms. The fourth-order valence-corrected chi connectivity index (χ4v) is 2.66. The van der Waals surface area contributed by atoms with Gasteiger partial charge in [-0.1, -0.05) is 56.3 Å². The molecule has 138 valence electrons. The molecule has 0 heterocycles. The van der Waals surface area contributed by atoms with Crippen molar-refractivity contribution in [1.29, 1.82) is 0 Å². The van der Waals surface area contributed by atoms with E-state index in [1.54, 1.807) is 6.07 Å². The molecule has 0 spiro atoms. The van der Waals surface area contributed by atoms with Gasteiger partial charge in [0.05, 0.1) is 5.56 Å². The summed E-state index contributed by atoms with van der Waals surface area (Å²) in [5.41, 5.74) is 1.16. The Balaban J connectivity index is 1.87. The number of benzene rings is 2. The van der Waals surface area contributed by atoms with Crippen molar-refractivity contribution < 1.29 is 14.0 Å². The third-order valence-electron chi connectivity index (χ3n) is 4.14. The first-order chi connectivity index (χ1) is 12.5. The fourth-order valence-electron chi connectivity index (χ4n) is 2.66. The minimum absolute atomic E-state index is 0.0602. The van der Waals surface area contributed by atoms with E-state index in [-0.39, 0.29) is 17.4 Å². The summed E-state index contributed by atoms with van der Waals surface area (Å²) in [6.07, 6.45) is 1.68. The predicted octanol–water partition coefficient (Wildman–Crippen LogP) is 3.33. The van der Waals surface area contributed by atoms with Crippen LogP contribution in [-0.4, -0.2) is 24.4 Å². The molecule has 2 rings (SSSR count). The van der Waals surface area contributed by atoms with E-state index in [0.717, 1.165) is 12.8 Å². The number of aryl methyl sites for hydroxylation is 1. The molecule has 2 N–H and O–H groups in total. The number of halogens is 1. The minimum atomic E-state index is -0.709. The summed E-state index contributed by atoms with van der Waals surface area (Å²) >= 11 is 0. The number of amides is 2. The smallest absolute Gasteiger partial charge is 0.254 e. The van der Waals surface area contributed by atoms with Crippen LogP contribution in [0.2, 0.25) is 0 Å². The van der Waals surface area contributed by atoms with Gasteiger partial charge < -0.3 is 10.6 Å². The second kappa shape index (κ2) is 9.70. The van der Waals surface area contributed by atoms with E-state index >= 15 is 0 Å². The summed E-state index contributed by atoms with van der Waals surface area (Å²) in [7, 11) is 0. The van der Waals surface area contributed by atoms with Crippen LogP contribution in [0, 0.1) is 11.7 Å². The highest BCUT2D eigenvalue weighted by molar-refractivity contribution is 5.97. The average molecular weight is 356 g/mol. The van der Waals surface area contributed by atoms with Crippen molar-refractivity contribution in [3.8, 4) is 0 Å². The van der Waals surface area contributed by atoms with Crippen LogP contribution in [0.15, 0.2) is 54.6 Å². The van der Waals surface area contributed by atoms with E-state index in [0.29, 0.717) is 6.54 Å². The molecule has 0 radical (unpaired) electrons. The highest BCUT2D eigenvalue weighted by atomic mass is 19.1. The van der Waals surface area contributed by atoms with Crippen LogP contribution in [0.4, 0.5) is 4.39 Å². The van der Waals surface area contributed by atoms with E-state index in [9.17, 15) is 14.0 Å². The zero-order valence-electron chi connectivity index (χ0n) is 15.2. The standard InChI is InChI=1S/C21H25FN2O2/c1-15(2)19(24-20(25)17-12-6-7-13-18(17)22)21(26)23-14-8-11-16-9-4-3-5-10-16/h3-7,9-10,12-13,15,19H,8,11,14H2,1-2H3,(H,23,26)(H,24,25). The van der Waals surface area contributed by atoms with Gasteiger partial charge in [0.25, 0.3) is 5.91 Å². The second-order valence-electron chi connectivity index (χ2n) is 6.56. The Morgan fingerprint density at radius 3 is 2.31 bits per heavy atom. The van der Waals surface area contributed by atoms with Crippen molar-refractivity contribution >= 4 is 11.8 Å². The van der Waals surface area contributed by atoms with E-state index in [4.69, 9.17) is 0 Å². The van der Waals surface area contributed by atoms with Gasteiger partial charge in [0.1, 0.15) is 11.9 Å². The van der Waals surface area contributed by atoms with Gasteiger partial charge in [0, 0.05) is 6.54 Å². The lowest BCUT2D eigenvalue weighted by Gasteiger charge is -2.22. The number of carbonyl (C=O) groups excluding carboxylic acids is 2. The Kier molecular flexibility index (Phi) is 7.33. The van der Waals surface area contributed by atoms with Gasteiger partial charge in [-0.15, -0.1) is 0 Å². The maximum atomic E-state index is 13.7. The molecule has 0 aliphatic rings. The molecule has 2 aromatic rings. The van der Waals surface area contributed by atoms with Gasteiger partial charge in [0.15, 0.2) is 0 Å². The van der Waals surface area contributed by atoms with Crippen LogP contribution >= 0.6 is 0 Å². The lowest BCUT2D eigenvalue weighted by Crippen LogP contribution is -2.50.